The van der Waals surface area contributed by atoms with Gasteiger partial charge in [0, 0.05) is 52.0 Å². The molecule has 1 aliphatic rings. The second kappa shape index (κ2) is 9.10. The molecule has 96 valence electrons. The minimum Gasteiger partial charge on any atom is -0.314 e. The summed E-state index contributed by atoms with van der Waals surface area (Å²) in [6, 6.07) is 0. The van der Waals surface area contributed by atoms with Crippen LogP contribution in [0, 0.1) is 0 Å². The number of rotatable bonds is 7. The highest BCUT2D eigenvalue weighted by molar-refractivity contribution is 5.55. The molecule has 4 heteroatoms. The molecule has 0 amide bonds. The normalized spacial score (nSPS) is 18.8. The number of aliphatic imine (C=N–C) groups is 1. The lowest BCUT2D eigenvalue weighted by Gasteiger charge is -2.27. The summed E-state index contributed by atoms with van der Waals surface area (Å²) in [5.41, 5.74) is 1.03. The van der Waals surface area contributed by atoms with Crippen LogP contribution in [0.5, 0.6) is 0 Å². The van der Waals surface area contributed by atoms with E-state index in [1.54, 1.807) is 6.08 Å². The summed E-state index contributed by atoms with van der Waals surface area (Å²) in [6.45, 7) is 13.1. The predicted octanol–water partition coefficient (Wildman–Crippen LogP) is 0.642. The first-order valence-corrected chi connectivity index (χ1v) is 6.31. The third-order valence-electron chi connectivity index (χ3n) is 2.73. The summed E-state index contributed by atoms with van der Waals surface area (Å²) in [5.74, 6) is 0. The molecule has 4 nitrogen and oxygen atoms in total. The van der Waals surface area contributed by atoms with E-state index in [0.717, 1.165) is 51.5 Å². The van der Waals surface area contributed by atoms with Gasteiger partial charge in [-0.25, -0.2) is 0 Å². The molecule has 0 aromatic heterocycles. The van der Waals surface area contributed by atoms with Crippen molar-refractivity contribution >= 4 is 6.21 Å². The Morgan fingerprint density at radius 2 is 2.24 bits per heavy atom. The fourth-order valence-corrected chi connectivity index (χ4v) is 1.84. The van der Waals surface area contributed by atoms with E-state index in [-0.39, 0.29) is 0 Å². The van der Waals surface area contributed by atoms with Gasteiger partial charge in [-0.1, -0.05) is 12.7 Å². The highest BCUT2D eigenvalue weighted by Gasteiger charge is 2.07. The monoisotopic (exact) mass is 236 g/mol. The smallest absolute Gasteiger partial charge is 0.0537 e. The van der Waals surface area contributed by atoms with Crippen molar-refractivity contribution in [1.82, 2.24) is 15.5 Å². The molecule has 0 radical (unpaired) electrons. The fraction of sp³-hybridized carbons (Fsp3) is 0.615. The van der Waals surface area contributed by atoms with Crippen molar-refractivity contribution in [2.75, 3.05) is 45.8 Å². The van der Waals surface area contributed by atoms with Crippen LogP contribution in [0.1, 0.15) is 6.92 Å². The second-order valence-electron chi connectivity index (χ2n) is 4.05. The number of nitrogens with one attached hydrogen (secondary N) is 2. The number of piperazine rings is 1. The molecule has 2 N–H and O–H groups in total. The van der Waals surface area contributed by atoms with E-state index in [9.17, 15) is 0 Å². The van der Waals surface area contributed by atoms with Gasteiger partial charge in [0.25, 0.3) is 0 Å². The number of nitrogens with zero attached hydrogens (tertiary/aromatic N) is 2. The number of hydrogen-bond donors (Lipinski definition) is 2. The van der Waals surface area contributed by atoms with E-state index in [4.69, 9.17) is 0 Å². The van der Waals surface area contributed by atoms with Crippen molar-refractivity contribution in [2.24, 2.45) is 4.99 Å². The summed E-state index contributed by atoms with van der Waals surface area (Å²) in [4.78, 5) is 6.75. The lowest BCUT2D eigenvalue weighted by molar-refractivity contribution is 0.242. The van der Waals surface area contributed by atoms with Crippen LogP contribution in [0.2, 0.25) is 0 Å². The van der Waals surface area contributed by atoms with Gasteiger partial charge in [-0.05, 0) is 13.0 Å². The van der Waals surface area contributed by atoms with Gasteiger partial charge >= 0.3 is 0 Å². The van der Waals surface area contributed by atoms with Crippen LogP contribution in [0.25, 0.3) is 0 Å². The third kappa shape index (κ3) is 6.36. The first-order chi connectivity index (χ1) is 8.36. The quantitative estimate of drug-likeness (QED) is 0.387. The van der Waals surface area contributed by atoms with Gasteiger partial charge in [0.05, 0.1) is 5.70 Å². The Kier molecular flexibility index (Phi) is 7.54. The van der Waals surface area contributed by atoms with Crippen LogP contribution >= 0.6 is 0 Å². The average molecular weight is 236 g/mol. The van der Waals surface area contributed by atoms with E-state index in [1.165, 1.54) is 0 Å². The molecule has 17 heavy (non-hydrogen) atoms. The van der Waals surface area contributed by atoms with E-state index >= 15 is 0 Å². The van der Waals surface area contributed by atoms with Crippen molar-refractivity contribution in [3.05, 3.63) is 24.4 Å². The molecule has 0 spiro atoms. The molecule has 1 rings (SSSR count). The Hall–Kier alpha value is -0.970. The highest BCUT2D eigenvalue weighted by atomic mass is 15.2. The Labute approximate surface area is 104 Å². The second-order valence-corrected chi connectivity index (χ2v) is 4.05. The minimum absolute atomic E-state index is 0.808. The van der Waals surface area contributed by atoms with Gasteiger partial charge in [-0.3, -0.25) is 9.89 Å². The van der Waals surface area contributed by atoms with Crippen LogP contribution in [0.3, 0.4) is 0 Å². The summed E-state index contributed by atoms with van der Waals surface area (Å²) in [5, 5.41) is 6.77. The van der Waals surface area contributed by atoms with Crippen molar-refractivity contribution in [1.29, 1.82) is 0 Å². The molecule has 0 unspecified atom stereocenters. The average Bonchev–Trinajstić information content (AvgIpc) is 2.36. The molecular formula is C13H24N4. The zero-order valence-corrected chi connectivity index (χ0v) is 10.8. The van der Waals surface area contributed by atoms with Crippen LogP contribution in [-0.2, 0) is 0 Å². The Balaban J connectivity index is 2.13. The molecule has 0 aromatic rings. The molecule has 1 fully saturated rings. The van der Waals surface area contributed by atoms with E-state index in [0.29, 0.717) is 0 Å². The van der Waals surface area contributed by atoms with Crippen molar-refractivity contribution in [3.63, 3.8) is 0 Å². The maximum absolute atomic E-state index is 4.28. The van der Waals surface area contributed by atoms with Crippen LogP contribution < -0.4 is 10.6 Å². The van der Waals surface area contributed by atoms with Gasteiger partial charge < -0.3 is 10.6 Å². The lowest BCUT2D eigenvalue weighted by Crippen LogP contribution is -2.45. The van der Waals surface area contributed by atoms with Crippen molar-refractivity contribution < 1.29 is 0 Å². The van der Waals surface area contributed by atoms with Gasteiger partial charge in [0.15, 0.2) is 0 Å². The van der Waals surface area contributed by atoms with Gasteiger partial charge in [-0.2, -0.15) is 0 Å². The van der Waals surface area contributed by atoms with Crippen LogP contribution in [0.4, 0.5) is 0 Å². The maximum atomic E-state index is 4.28. The number of hydrogen-bond acceptors (Lipinski definition) is 4. The summed E-state index contributed by atoms with van der Waals surface area (Å²) in [7, 11) is 0. The maximum Gasteiger partial charge on any atom is 0.0537 e. The minimum atomic E-state index is 0.808. The van der Waals surface area contributed by atoms with Crippen molar-refractivity contribution in [2.45, 2.75) is 6.92 Å². The zero-order chi connectivity index (χ0) is 12.3. The molecule has 1 saturated heterocycles. The molecule has 0 saturated carbocycles. The molecule has 0 atom stereocenters. The predicted molar refractivity (Wildman–Crippen MR) is 74.6 cm³/mol. The SMILES string of the molecule is C=C/C=C(/CNCCN1CCNCC1)N=CC. The van der Waals surface area contributed by atoms with Gasteiger partial charge in [0.2, 0.25) is 0 Å². The molecule has 0 aromatic carbocycles. The zero-order valence-electron chi connectivity index (χ0n) is 10.8. The molecular weight excluding hydrogens is 212 g/mol. The van der Waals surface area contributed by atoms with Crippen molar-refractivity contribution in [3.8, 4) is 0 Å². The van der Waals surface area contributed by atoms with Crippen LogP contribution in [-0.4, -0.2) is 56.9 Å². The van der Waals surface area contributed by atoms with E-state index in [2.05, 4.69) is 27.1 Å². The molecule has 1 aliphatic heterocycles. The van der Waals surface area contributed by atoms with Gasteiger partial charge in [0.1, 0.15) is 0 Å². The Morgan fingerprint density at radius 1 is 1.47 bits per heavy atom. The summed E-state index contributed by atoms with van der Waals surface area (Å²) in [6.07, 6.45) is 5.53. The van der Waals surface area contributed by atoms with Gasteiger partial charge in [-0.15, -0.1) is 0 Å². The van der Waals surface area contributed by atoms with E-state index < -0.39 is 0 Å². The number of allylic oxidation sites excluding steroid dienone is 2. The largest absolute Gasteiger partial charge is 0.314 e. The molecule has 0 bridgehead atoms. The van der Waals surface area contributed by atoms with E-state index in [1.807, 2.05) is 19.2 Å². The third-order valence-corrected chi connectivity index (χ3v) is 2.73. The Morgan fingerprint density at radius 3 is 2.88 bits per heavy atom. The Bertz CT molecular complexity index is 265. The topological polar surface area (TPSA) is 39.7 Å². The first kappa shape index (κ1) is 14.1. The molecule has 1 heterocycles. The highest BCUT2D eigenvalue weighted by Crippen LogP contribution is 1.95. The standard InChI is InChI=1S/C13H24N4/c1-3-5-13(16-4-2)12-15-8-11-17-9-6-14-7-10-17/h3-5,14-15H,1,6-12H2,2H3/b13-5-,16-4?. The summed E-state index contributed by atoms with van der Waals surface area (Å²) < 4.78 is 0. The first-order valence-electron chi connectivity index (χ1n) is 6.31. The summed E-state index contributed by atoms with van der Waals surface area (Å²) >= 11 is 0. The lowest BCUT2D eigenvalue weighted by atomic mass is 10.3. The molecule has 0 aliphatic carbocycles. The van der Waals surface area contributed by atoms with Crippen LogP contribution in [0.15, 0.2) is 29.4 Å². The fourth-order valence-electron chi connectivity index (χ4n) is 1.84.